The maximum absolute atomic E-state index is 14.1. The van der Waals surface area contributed by atoms with Crippen LogP contribution in [0.15, 0.2) is 78.4 Å². The fraction of sp³-hybridized carbons (Fsp3) is 0.389. The second-order valence-electron chi connectivity index (χ2n) is 11.7. The molecule has 1 fully saturated rings. The molecule has 0 bridgehead atoms. The Labute approximate surface area is 259 Å². The second-order valence-corrected chi connectivity index (χ2v) is 11.7. The first kappa shape index (κ1) is 33.0. The summed E-state index contributed by atoms with van der Waals surface area (Å²) >= 11 is 0. The molecule has 3 N–H and O–H groups in total. The van der Waals surface area contributed by atoms with Gasteiger partial charge in [-0.05, 0) is 86.1 Å². The molecule has 234 valence electrons. The van der Waals surface area contributed by atoms with Crippen LogP contribution < -0.4 is 10.6 Å². The van der Waals surface area contributed by atoms with Crippen LogP contribution in [0.1, 0.15) is 70.5 Å². The van der Waals surface area contributed by atoms with E-state index in [2.05, 4.69) is 28.8 Å². The van der Waals surface area contributed by atoms with Crippen molar-refractivity contribution in [1.29, 1.82) is 0 Å². The minimum atomic E-state index is -1.05. The summed E-state index contributed by atoms with van der Waals surface area (Å²) in [5, 5.41) is 17.8. The summed E-state index contributed by atoms with van der Waals surface area (Å²) in [6.45, 7) is 7.70. The Morgan fingerprint density at radius 2 is 1.64 bits per heavy atom. The number of hydrogen-bond acceptors (Lipinski definition) is 4. The summed E-state index contributed by atoms with van der Waals surface area (Å²) in [6, 6.07) is 17.1. The molecule has 44 heavy (non-hydrogen) atoms. The zero-order chi connectivity index (χ0) is 31.6. The minimum absolute atomic E-state index is 0.0151. The highest BCUT2D eigenvalue weighted by Crippen LogP contribution is 2.22. The first-order valence-electron chi connectivity index (χ1n) is 15.5. The highest BCUT2D eigenvalue weighted by molar-refractivity contribution is 6.00. The first-order chi connectivity index (χ1) is 21.2. The molecule has 2 amide bonds. The Morgan fingerprint density at radius 1 is 0.977 bits per heavy atom. The molecule has 0 unspecified atom stereocenters. The number of carbonyl (C=O) groups excluding carboxylic acids is 2. The van der Waals surface area contributed by atoms with E-state index in [9.17, 15) is 23.5 Å². The van der Waals surface area contributed by atoms with Crippen LogP contribution in [-0.4, -0.2) is 59.6 Å². The van der Waals surface area contributed by atoms with Gasteiger partial charge in [0.05, 0.1) is 12.1 Å². The molecular weight excluding hydrogens is 560 g/mol. The molecular formula is C36H43F2N3O3. The molecule has 3 aromatic carbocycles. The molecule has 3 atom stereocenters. The van der Waals surface area contributed by atoms with Crippen molar-refractivity contribution in [2.45, 2.75) is 71.1 Å². The lowest BCUT2D eigenvalue weighted by atomic mass is 9.93. The van der Waals surface area contributed by atoms with Gasteiger partial charge in [-0.25, -0.2) is 8.78 Å². The van der Waals surface area contributed by atoms with Crippen molar-refractivity contribution < 1.29 is 23.5 Å². The zero-order valence-electron chi connectivity index (χ0n) is 25.8. The molecule has 0 aliphatic carbocycles. The van der Waals surface area contributed by atoms with E-state index >= 15 is 0 Å². The van der Waals surface area contributed by atoms with Crippen LogP contribution >= 0.6 is 0 Å². The lowest BCUT2D eigenvalue weighted by molar-refractivity contribution is 0.0740. The van der Waals surface area contributed by atoms with Crippen LogP contribution in [0.2, 0.25) is 0 Å². The molecule has 0 aromatic heterocycles. The number of nitrogens with one attached hydrogen (secondary N) is 2. The van der Waals surface area contributed by atoms with Crippen molar-refractivity contribution in [2.24, 2.45) is 0 Å². The number of aliphatic hydroxyl groups is 1. The highest BCUT2D eigenvalue weighted by Gasteiger charge is 2.33. The normalized spacial score (nSPS) is 17.0. The number of halogens is 2. The number of nitrogens with zero attached hydrogens (tertiary/aromatic N) is 1. The van der Waals surface area contributed by atoms with Gasteiger partial charge in [0, 0.05) is 42.9 Å². The van der Waals surface area contributed by atoms with Crippen molar-refractivity contribution in [3.63, 3.8) is 0 Å². The Hall–Kier alpha value is -3.88. The monoisotopic (exact) mass is 603 g/mol. The van der Waals surface area contributed by atoms with Crippen LogP contribution in [0.25, 0.3) is 0 Å². The summed E-state index contributed by atoms with van der Waals surface area (Å²) in [7, 11) is 0. The summed E-state index contributed by atoms with van der Waals surface area (Å²) in [5.74, 6) is -2.06. The Morgan fingerprint density at radius 3 is 2.30 bits per heavy atom. The third-order valence-electron chi connectivity index (χ3n) is 7.92. The van der Waals surface area contributed by atoms with Crippen molar-refractivity contribution in [2.75, 3.05) is 19.6 Å². The fourth-order valence-corrected chi connectivity index (χ4v) is 5.81. The molecule has 1 aliphatic heterocycles. The van der Waals surface area contributed by atoms with E-state index in [-0.39, 0.29) is 23.9 Å². The zero-order valence-corrected chi connectivity index (χ0v) is 25.8. The van der Waals surface area contributed by atoms with Gasteiger partial charge in [0.1, 0.15) is 11.6 Å². The fourth-order valence-electron chi connectivity index (χ4n) is 5.81. The topological polar surface area (TPSA) is 81.7 Å². The molecule has 1 saturated heterocycles. The second kappa shape index (κ2) is 15.7. The third kappa shape index (κ3) is 9.07. The standard InChI is InChI=1S/C36H43F2N3O3/c1-4-13-41(14-5-2)36(44)29-16-24(3)15-28(21-29)35(43)40-33(20-27-17-30(37)22-31(38)18-27)34(42)32-19-26(23-39-32)12-11-25-9-7-6-8-10-25/h6-10,12,15-18,21-22,32-34,39,42H,4-5,11,13-14,19-20,23H2,1-3H3,(H,40,43)/b26-12-/t32-,33+,34-/m1/s1. The van der Waals surface area contributed by atoms with Crippen LogP contribution in [-0.2, 0) is 12.8 Å². The minimum Gasteiger partial charge on any atom is -0.389 e. The SMILES string of the molecule is CCCN(CCC)C(=O)c1cc(C)cc(C(=O)N[C@@H](Cc2cc(F)cc(F)c2)[C@H](O)[C@H]2C/C(=C/Cc3ccccc3)CN2)c1. The van der Waals surface area contributed by atoms with Crippen molar-refractivity contribution in [1.82, 2.24) is 15.5 Å². The molecule has 1 aliphatic rings. The summed E-state index contributed by atoms with van der Waals surface area (Å²) < 4.78 is 28.2. The van der Waals surface area contributed by atoms with Gasteiger partial charge in [-0.3, -0.25) is 9.59 Å². The third-order valence-corrected chi connectivity index (χ3v) is 7.92. The van der Waals surface area contributed by atoms with Crippen molar-refractivity contribution >= 4 is 11.8 Å². The van der Waals surface area contributed by atoms with E-state index in [0.717, 1.165) is 36.5 Å². The summed E-state index contributed by atoms with van der Waals surface area (Å²) in [6.07, 6.45) is 4.10. The van der Waals surface area contributed by atoms with Gasteiger partial charge in [-0.2, -0.15) is 0 Å². The number of carbonyl (C=O) groups is 2. The Kier molecular flexibility index (Phi) is 11.8. The predicted octanol–water partition coefficient (Wildman–Crippen LogP) is 5.77. The average Bonchev–Trinajstić information content (AvgIpc) is 3.47. The van der Waals surface area contributed by atoms with Gasteiger partial charge in [-0.15, -0.1) is 0 Å². The van der Waals surface area contributed by atoms with E-state index in [1.807, 2.05) is 39.0 Å². The van der Waals surface area contributed by atoms with E-state index in [1.165, 1.54) is 17.7 Å². The maximum atomic E-state index is 14.1. The van der Waals surface area contributed by atoms with Crippen LogP contribution in [0, 0.1) is 18.6 Å². The average molecular weight is 604 g/mol. The van der Waals surface area contributed by atoms with Gasteiger partial charge >= 0.3 is 0 Å². The van der Waals surface area contributed by atoms with Gasteiger partial charge in [0.2, 0.25) is 0 Å². The maximum Gasteiger partial charge on any atom is 0.253 e. The van der Waals surface area contributed by atoms with Crippen molar-refractivity contribution in [3.05, 3.63) is 118 Å². The largest absolute Gasteiger partial charge is 0.389 e. The molecule has 1 heterocycles. The van der Waals surface area contributed by atoms with E-state index in [1.54, 1.807) is 23.1 Å². The number of hydrogen-bond donors (Lipinski definition) is 3. The predicted molar refractivity (Wildman–Crippen MR) is 170 cm³/mol. The Bertz CT molecular complexity index is 1430. The van der Waals surface area contributed by atoms with E-state index in [4.69, 9.17) is 0 Å². The number of allylic oxidation sites excluding steroid dienone is 1. The Balaban J connectivity index is 1.55. The van der Waals surface area contributed by atoms with Gasteiger partial charge in [0.25, 0.3) is 11.8 Å². The van der Waals surface area contributed by atoms with E-state index < -0.39 is 29.7 Å². The summed E-state index contributed by atoms with van der Waals surface area (Å²) in [5.41, 5.74) is 4.11. The molecule has 0 spiro atoms. The number of aliphatic hydroxyl groups excluding tert-OH is 1. The molecule has 6 nitrogen and oxygen atoms in total. The molecule has 0 saturated carbocycles. The first-order valence-corrected chi connectivity index (χ1v) is 15.5. The molecule has 0 radical (unpaired) electrons. The number of rotatable bonds is 13. The number of benzene rings is 3. The van der Waals surface area contributed by atoms with E-state index in [0.29, 0.717) is 37.2 Å². The number of aryl methyl sites for hydroxylation is 1. The van der Waals surface area contributed by atoms with Gasteiger partial charge in [-0.1, -0.05) is 55.8 Å². The van der Waals surface area contributed by atoms with Crippen LogP contribution in [0.3, 0.4) is 0 Å². The molecule has 4 rings (SSSR count). The highest BCUT2D eigenvalue weighted by atomic mass is 19.1. The lowest BCUT2D eigenvalue weighted by Gasteiger charge is -2.29. The van der Waals surface area contributed by atoms with Crippen LogP contribution in [0.4, 0.5) is 8.78 Å². The quantitative estimate of drug-likeness (QED) is 0.217. The molecule has 8 heteroatoms. The summed E-state index contributed by atoms with van der Waals surface area (Å²) in [4.78, 5) is 28.7. The van der Waals surface area contributed by atoms with Crippen molar-refractivity contribution in [3.8, 4) is 0 Å². The van der Waals surface area contributed by atoms with Gasteiger partial charge in [0.15, 0.2) is 0 Å². The van der Waals surface area contributed by atoms with Crippen LogP contribution in [0.5, 0.6) is 0 Å². The lowest BCUT2D eigenvalue weighted by Crippen LogP contribution is -2.52. The number of amides is 2. The molecule has 3 aromatic rings. The smallest absolute Gasteiger partial charge is 0.253 e. The van der Waals surface area contributed by atoms with Gasteiger partial charge < -0.3 is 20.6 Å².